The van der Waals surface area contributed by atoms with Crippen LogP contribution in [0.3, 0.4) is 0 Å². The van der Waals surface area contributed by atoms with E-state index < -0.39 is 0 Å². The van der Waals surface area contributed by atoms with Gasteiger partial charge in [0.2, 0.25) is 0 Å². The Kier molecular flexibility index (Phi) is 5.63. The summed E-state index contributed by atoms with van der Waals surface area (Å²) >= 11 is 0. The van der Waals surface area contributed by atoms with E-state index in [-0.39, 0.29) is 23.4 Å². The van der Waals surface area contributed by atoms with Gasteiger partial charge in [0.1, 0.15) is 11.2 Å². The van der Waals surface area contributed by atoms with Gasteiger partial charge in [0.05, 0.1) is 23.1 Å². The van der Waals surface area contributed by atoms with Gasteiger partial charge in [0.15, 0.2) is 0 Å². The first-order valence-electron chi connectivity index (χ1n) is 10.8. The van der Waals surface area contributed by atoms with Gasteiger partial charge in [-0.1, -0.05) is 64.1 Å². The zero-order chi connectivity index (χ0) is 22.1. The van der Waals surface area contributed by atoms with Crippen LogP contribution in [0.1, 0.15) is 67.6 Å². The predicted molar refractivity (Wildman–Crippen MR) is 124 cm³/mol. The first kappa shape index (κ1) is 20.8. The number of nitrogens with zero attached hydrogens (tertiary/aromatic N) is 2. The van der Waals surface area contributed by atoms with Crippen molar-refractivity contribution in [3.05, 3.63) is 81.8 Å². The summed E-state index contributed by atoms with van der Waals surface area (Å²) in [6, 6.07) is 15.5. The Morgan fingerprint density at radius 2 is 1.74 bits per heavy atom. The van der Waals surface area contributed by atoms with Crippen LogP contribution in [0.4, 0.5) is 0 Å². The molecule has 6 heteroatoms. The van der Waals surface area contributed by atoms with Crippen LogP contribution in [0.25, 0.3) is 16.6 Å². The molecule has 0 saturated carbocycles. The lowest BCUT2D eigenvalue weighted by atomic mass is 9.92. The summed E-state index contributed by atoms with van der Waals surface area (Å²) in [5, 5.41) is 8.04. The zero-order valence-electron chi connectivity index (χ0n) is 18.3. The van der Waals surface area contributed by atoms with Gasteiger partial charge in [-0.3, -0.25) is 9.59 Å². The van der Waals surface area contributed by atoms with Crippen molar-refractivity contribution in [2.24, 2.45) is 5.92 Å². The molecule has 2 N–H and O–H groups in total. The number of nitrogens with one attached hydrogen (secondary N) is 2. The largest absolute Gasteiger partial charge is 0.345 e. The molecule has 0 fully saturated rings. The lowest BCUT2D eigenvalue weighted by molar-refractivity contribution is 0.0927. The summed E-state index contributed by atoms with van der Waals surface area (Å²) in [6.07, 6.45) is 2.60. The molecule has 2 aromatic heterocycles. The van der Waals surface area contributed by atoms with Crippen LogP contribution < -0.4 is 10.9 Å². The van der Waals surface area contributed by atoms with Gasteiger partial charge in [-0.15, -0.1) is 0 Å². The Hall–Kier alpha value is -3.41. The van der Waals surface area contributed by atoms with Crippen molar-refractivity contribution >= 4 is 22.5 Å². The summed E-state index contributed by atoms with van der Waals surface area (Å²) in [6.45, 7) is 8.56. The van der Waals surface area contributed by atoms with Crippen LogP contribution in [-0.2, 0) is 0 Å². The normalized spacial score (nSPS) is 13.6. The standard InChI is InChI=1S/C25H28N4O2/c1-5-16(4)17-10-12-18(13-11-17)22(15(2)3)27-25(31)20-14-26-29-21-9-7-6-8-19(21)24(30)28-23(20)29/h6-16,22H,5H2,1-4H3,(H,27,31)(H,28,30). The third-order valence-corrected chi connectivity index (χ3v) is 6.05. The summed E-state index contributed by atoms with van der Waals surface area (Å²) in [5.41, 5.74) is 3.54. The monoisotopic (exact) mass is 416 g/mol. The molecular weight excluding hydrogens is 388 g/mol. The summed E-state index contributed by atoms with van der Waals surface area (Å²) in [5.74, 6) is 0.442. The predicted octanol–water partition coefficient (Wildman–Crippen LogP) is 4.82. The Balaban J connectivity index is 1.67. The molecule has 160 valence electrons. The number of aromatic nitrogens is 3. The smallest absolute Gasteiger partial charge is 0.259 e. The van der Waals surface area contributed by atoms with Crippen molar-refractivity contribution < 1.29 is 4.79 Å². The van der Waals surface area contributed by atoms with Gasteiger partial charge in [-0.05, 0) is 41.5 Å². The van der Waals surface area contributed by atoms with Gasteiger partial charge >= 0.3 is 0 Å². The minimum Gasteiger partial charge on any atom is -0.345 e. The quantitative estimate of drug-likeness (QED) is 0.473. The summed E-state index contributed by atoms with van der Waals surface area (Å²) < 4.78 is 1.61. The molecule has 2 heterocycles. The van der Waals surface area contributed by atoms with E-state index in [1.807, 2.05) is 12.1 Å². The lowest BCUT2D eigenvalue weighted by Gasteiger charge is -2.23. The molecule has 31 heavy (non-hydrogen) atoms. The van der Waals surface area contributed by atoms with Crippen LogP contribution >= 0.6 is 0 Å². The highest BCUT2D eigenvalue weighted by molar-refractivity contribution is 6.00. The molecule has 0 radical (unpaired) electrons. The number of H-pyrrole nitrogens is 1. The number of benzene rings is 2. The Labute approximate surface area is 181 Å². The van der Waals surface area contributed by atoms with Crippen molar-refractivity contribution in [3.8, 4) is 0 Å². The molecule has 4 rings (SSSR count). The van der Waals surface area contributed by atoms with E-state index >= 15 is 0 Å². The van der Waals surface area contributed by atoms with Crippen molar-refractivity contribution in [2.75, 3.05) is 0 Å². The van der Waals surface area contributed by atoms with E-state index in [0.717, 1.165) is 12.0 Å². The highest BCUT2D eigenvalue weighted by atomic mass is 16.2. The van der Waals surface area contributed by atoms with E-state index in [1.54, 1.807) is 16.6 Å². The van der Waals surface area contributed by atoms with Crippen LogP contribution in [0.2, 0.25) is 0 Å². The fraction of sp³-hybridized carbons (Fsp3) is 0.320. The Bertz CT molecular complexity index is 1280. The molecule has 2 aromatic carbocycles. The van der Waals surface area contributed by atoms with E-state index in [0.29, 0.717) is 28.0 Å². The molecule has 0 bridgehead atoms. The second-order valence-electron chi connectivity index (χ2n) is 8.46. The molecule has 1 amide bonds. The van der Waals surface area contributed by atoms with Gasteiger partial charge in [-0.25, -0.2) is 4.52 Å². The van der Waals surface area contributed by atoms with Gasteiger partial charge in [-0.2, -0.15) is 5.10 Å². The zero-order valence-corrected chi connectivity index (χ0v) is 18.3. The second-order valence-corrected chi connectivity index (χ2v) is 8.46. The third-order valence-electron chi connectivity index (χ3n) is 6.05. The highest BCUT2D eigenvalue weighted by Gasteiger charge is 2.22. The average Bonchev–Trinajstić information content (AvgIpc) is 3.21. The number of aromatic amines is 1. The number of fused-ring (bicyclic) bond motifs is 3. The second kappa shape index (κ2) is 8.38. The van der Waals surface area contributed by atoms with Crippen LogP contribution in [0, 0.1) is 5.92 Å². The first-order valence-corrected chi connectivity index (χ1v) is 10.8. The molecule has 2 atom stereocenters. The molecular formula is C25H28N4O2. The number of rotatable bonds is 6. The molecule has 4 aromatic rings. The van der Waals surface area contributed by atoms with Crippen molar-refractivity contribution in [2.45, 2.75) is 46.1 Å². The maximum absolute atomic E-state index is 13.2. The fourth-order valence-corrected chi connectivity index (χ4v) is 3.96. The van der Waals surface area contributed by atoms with Crippen molar-refractivity contribution in [1.29, 1.82) is 0 Å². The fourth-order valence-electron chi connectivity index (χ4n) is 3.96. The molecule has 6 nitrogen and oxygen atoms in total. The van der Waals surface area contributed by atoms with E-state index in [9.17, 15) is 9.59 Å². The number of para-hydroxylation sites is 1. The van der Waals surface area contributed by atoms with E-state index in [1.165, 1.54) is 11.8 Å². The highest BCUT2D eigenvalue weighted by Crippen LogP contribution is 2.26. The lowest BCUT2D eigenvalue weighted by Crippen LogP contribution is -2.32. The number of carbonyl (C=O) groups excluding carboxylic acids is 1. The van der Waals surface area contributed by atoms with Crippen molar-refractivity contribution in [1.82, 2.24) is 19.9 Å². The maximum Gasteiger partial charge on any atom is 0.259 e. The molecule has 0 saturated heterocycles. The summed E-state index contributed by atoms with van der Waals surface area (Å²) in [7, 11) is 0. The maximum atomic E-state index is 13.2. The number of carbonyl (C=O) groups is 1. The number of amides is 1. The van der Waals surface area contributed by atoms with Gasteiger partial charge in [0, 0.05) is 0 Å². The first-order chi connectivity index (χ1) is 14.9. The molecule has 2 unspecified atom stereocenters. The van der Waals surface area contributed by atoms with Gasteiger partial charge in [0.25, 0.3) is 11.5 Å². The number of hydrogen-bond acceptors (Lipinski definition) is 3. The van der Waals surface area contributed by atoms with E-state index in [2.05, 4.69) is 67.4 Å². The average molecular weight is 417 g/mol. The molecule has 0 aliphatic rings. The minimum atomic E-state index is -0.259. The van der Waals surface area contributed by atoms with Crippen LogP contribution in [-0.4, -0.2) is 20.5 Å². The molecule has 0 spiro atoms. The SMILES string of the molecule is CCC(C)c1ccc(C(NC(=O)c2cnn3c2[nH]c(=O)c2ccccc23)C(C)C)cc1. The van der Waals surface area contributed by atoms with Crippen molar-refractivity contribution in [3.63, 3.8) is 0 Å². The Morgan fingerprint density at radius 3 is 2.42 bits per heavy atom. The third kappa shape index (κ3) is 3.85. The molecule has 0 aliphatic carbocycles. The Morgan fingerprint density at radius 1 is 1.06 bits per heavy atom. The van der Waals surface area contributed by atoms with E-state index in [4.69, 9.17) is 0 Å². The van der Waals surface area contributed by atoms with Crippen LogP contribution in [0.15, 0.2) is 59.5 Å². The number of hydrogen-bond donors (Lipinski definition) is 2. The van der Waals surface area contributed by atoms with Gasteiger partial charge < -0.3 is 10.3 Å². The minimum absolute atomic E-state index is 0.152. The summed E-state index contributed by atoms with van der Waals surface area (Å²) in [4.78, 5) is 28.5. The topological polar surface area (TPSA) is 79.3 Å². The van der Waals surface area contributed by atoms with Crippen LogP contribution in [0.5, 0.6) is 0 Å². The molecule has 0 aliphatic heterocycles.